The summed E-state index contributed by atoms with van der Waals surface area (Å²) in [6, 6.07) is 14.8. The molecule has 28 heavy (non-hydrogen) atoms. The van der Waals surface area contributed by atoms with Gasteiger partial charge in [-0.3, -0.25) is 9.59 Å². The Balaban J connectivity index is 1.33. The molecule has 2 aromatic carbocycles. The van der Waals surface area contributed by atoms with Gasteiger partial charge in [0.2, 0.25) is 5.91 Å². The van der Waals surface area contributed by atoms with Gasteiger partial charge in [0, 0.05) is 46.7 Å². The van der Waals surface area contributed by atoms with E-state index >= 15 is 0 Å². The average molecular weight is 398 g/mol. The van der Waals surface area contributed by atoms with E-state index in [-0.39, 0.29) is 25.0 Å². The molecule has 7 heteroatoms. The Morgan fingerprint density at radius 1 is 1.18 bits per heavy atom. The third-order valence-electron chi connectivity index (χ3n) is 4.84. The Kier molecular flexibility index (Phi) is 5.21. The number of aromatic amines is 1. The molecule has 2 amide bonds. The molecular weight excluding hydrogens is 378 g/mol. The number of rotatable bonds is 5. The van der Waals surface area contributed by atoms with Crippen LogP contribution < -0.4 is 10.1 Å². The molecule has 6 nitrogen and oxygen atoms in total. The molecule has 0 radical (unpaired) electrons. The smallest absolute Gasteiger partial charge is 0.258 e. The third kappa shape index (κ3) is 3.97. The molecule has 4 rings (SSSR count). The fourth-order valence-corrected chi connectivity index (χ4v) is 3.57. The van der Waals surface area contributed by atoms with Crippen molar-refractivity contribution in [3.05, 3.63) is 64.8 Å². The monoisotopic (exact) mass is 397 g/mol. The number of aromatic nitrogens is 1. The maximum Gasteiger partial charge on any atom is 0.258 e. The van der Waals surface area contributed by atoms with Gasteiger partial charge in [-0.15, -0.1) is 0 Å². The van der Waals surface area contributed by atoms with E-state index in [1.807, 2.05) is 36.4 Å². The largest absolute Gasteiger partial charge is 0.484 e. The fraction of sp³-hybridized carbons (Fsp3) is 0.238. The molecule has 0 unspecified atom stereocenters. The fourth-order valence-electron chi connectivity index (χ4n) is 3.40. The van der Waals surface area contributed by atoms with E-state index in [2.05, 4.69) is 10.3 Å². The molecular formula is C21H20ClN3O3. The molecule has 0 saturated carbocycles. The summed E-state index contributed by atoms with van der Waals surface area (Å²) in [6.07, 6.45) is 0.748. The number of nitrogens with zero attached hydrogens (tertiary/aromatic N) is 1. The molecule has 0 atom stereocenters. The lowest BCUT2D eigenvalue weighted by atomic mass is 10.0. The molecule has 1 aliphatic heterocycles. The highest BCUT2D eigenvalue weighted by Crippen LogP contribution is 2.29. The lowest BCUT2D eigenvalue weighted by Gasteiger charge is -2.27. The second kappa shape index (κ2) is 7.94. The summed E-state index contributed by atoms with van der Waals surface area (Å²) in [5.41, 5.74) is 3.26. The number of para-hydroxylation sites is 1. The van der Waals surface area contributed by atoms with E-state index in [4.69, 9.17) is 16.3 Å². The Morgan fingerprint density at radius 3 is 2.82 bits per heavy atom. The van der Waals surface area contributed by atoms with Crippen LogP contribution >= 0.6 is 11.6 Å². The van der Waals surface area contributed by atoms with Crippen molar-refractivity contribution in [2.45, 2.75) is 13.0 Å². The minimum Gasteiger partial charge on any atom is -0.484 e. The lowest BCUT2D eigenvalue weighted by Crippen LogP contribution is -2.43. The number of carbonyl (C=O) groups is 2. The van der Waals surface area contributed by atoms with Crippen LogP contribution in [0.1, 0.15) is 11.3 Å². The zero-order valence-corrected chi connectivity index (χ0v) is 16.0. The molecule has 2 heterocycles. The summed E-state index contributed by atoms with van der Waals surface area (Å²) >= 11 is 6.12. The third-order valence-corrected chi connectivity index (χ3v) is 5.07. The minimum atomic E-state index is -0.325. The van der Waals surface area contributed by atoms with Crippen molar-refractivity contribution in [3.8, 4) is 5.75 Å². The first-order valence-electron chi connectivity index (χ1n) is 9.11. The van der Waals surface area contributed by atoms with Crippen LogP contribution in [0.4, 0.5) is 0 Å². The highest BCUT2D eigenvalue weighted by atomic mass is 35.5. The van der Waals surface area contributed by atoms with Gasteiger partial charge >= 0.3 is 0 Å². The maximum atomic E-state index is 12.5. The summed E-state index contributed by atoms with van der Waals surface area (Å²) < 4.78 is 5.39. The van der Waals surface area contributed by atoms with Crippen molar-refractivity contribution in [2.75, 3.05) is 19.7 Å². The maximum absolute atomic E-state index is 12.5. The van der Waals surface area contributed by atoms with E-state index in [0.29, 0.717) is 23.9 Å². The SMILES string of the molecule is O=C(COc1ccccc1)NCC(=O)N1CCc2[nH]c3ccc(Cl)cc3c2C1. The van der Waals surface area contributed by atoms with Crippen molar-refractivity contribution in [3.63, 3.8) is 0 Å². The first kappa shape index (κ1) is 18.4. The summed E-state index contributed by atoms with van der Waals surface area (Å²) in [5.74, 6) is 0.175. The van der Waals surface area contributed by atoms with Crippen LogP contribution in [0.3, 0.4) is 0 Å². The van der Waals surface area contributed by atoms with Gasteiger partial charge in [-0.1, -0.05) is 29.8 Å². The molecule has 0 spiro atoms. The molecule has 2 N–H and O–H groups in total. The first-order valence-corrected chi connectivity index (χ1v) is 9.49. The second-order valence-corrected chi connectivity index (χ2v) is 7.15. The standard InChI is InChI=1S/C21H20ClN3O3/c22-14-6-7-18-16(10-14)17-12-25(9-8-19(17)24-18)21(27)11-23-20(26)13-28-15-4-2-1-3-5-15/h1-7,10,24H,8-9,11-13H2,(H,23,26). The van der Waals surface area contributed by atoms with Gasteiger partial charge in [0.1, 0.15) is 5.75 Å². The van der Waals surface area contributed by atoms with Gasteiger partial charge in [0.05, 0.1) is 6.54 Å². The number of benzene rings is 2. The van der Waals surface area contributed by atoms with Crippen LogP contribution in [-0.4, -0.2) is 41.4 Å². The molecule has 3 aromatic rings. The van der Waals surface area contributed by atoms with E-state index < -0.39 is 0 Å². The van der Waals surface area contributed by atoms with E-state index in [9.17, 15) is 9.59 Å². The molecule has 0 bridgehead atoms. The molecule has 1 aliphatic rings. The number of amides is 2. The van der Waals surface area contributed by atoms with Crippen LogP contribution in [0.5, 0.6) is 5.75 Å². The van der Waals surface area contributed by atoms with Gasteiger partial charge in [-0.25, -0.2) is 0 Å². The second-order valence-electron chi connectivity index (χ2n) is 6.72. The number of fused-ring (bicyclic) bond motifs is 3. The Bertz CT molecular complexity index is 1020. The zero-order chi connectivity index (χ0) is 19.5. The minimum absolute atomic E-state index is 0.0462. The van der Waals surface area contributed by atoms with Crippen molar-refractivity contribution in [1.29, 1.82) is 0 Å². The van der Waals surface area contributed by atoms with Crippen LogP contribution in [0.15, 0.2) is 48.5 Å². The highest BCUT2D eigenvalue weighted by molar-refractivity contribution is 6.31. The molecule has 144 valence electrons. The molecule has 0 saturated heterocycles. The van der Waals surface area contributed by atoms with Crippen molar-refractivity contribution < 1.29 is 14.3 Å². The van der Waals surface area contributed by atoms with Crippen LogP contribution in [0.2, 0.25) is 5.02 Å². The summed E-state index contributed by atoms with van der Waals surface area (Å²) in [4.78, 5) is 29.7. The van der Waals surface area contributed by atoms with E-state index in [1.54, 1.807) is 17.0 Å². The van der Waals surface area contributed by atoms with Gasteiger partial charge in [0.15, 0.2) is 6.61 Å². The topological polar surface area (TPSA) is 74.4 Å². The molecule has 1 aromatic heterocycles. The normalized spacial score (nSPS) is 13.2. The van der Waals surface area contributed by atoms with Crippen LogP contribution in [0, 0.1) is 0 Å². The number of halogens is 1. The van der Waals surface area contributed by atoms with Crippen molar-refractivity contribution in [2.24, 2.45) is 0 Å². The highest BCUT2D eigenvalue weighted by Gasteiger charge is 2.24. The number of carbonyl (C=O) groups excluding carboxylic acids is 2. The number of hydrogen-bond donors (Lipinski definition) is 2. The Labute approximate surface area is 167 Å². The van der Waals surface area contributed by atoms with Gasteiger partial charge in [0.25, 0.3) is 5.91 Å². The van der Waals surface area contributed by atoms with E-state index in [0.717, 1.165) is 28.6 Å². The predicted molar refractivity (Wildman–Crippen MR) is 107 cm³/mol. The number of hydrogen-bond acceptors (Lipinski definition) is 3. The van der Waals surface area contributed by atoms with E-state index in [1.165, 1.54) is 0 Å². The number of ether oxygens (including phenoxy) is 1. The Hall–Kier alpha value is -2.99. The summed E-state index contributed by atoms with van der Waals surface area (Å²) in [7, 11) is 0. The predicted octanol–water partition coefficient (Wildman–Crippen LogP) is 2.90. The average Bonchev–Trinajstić information content (AvgIpc) is 3.08. The van der Waals surface area contributed by atoms with Crippen molar-refractivity contribution in [1.82, 2.24) is 15.2 Å². The summed E-state index contributed by atoms with van der Waals surface area (Å²) in [6.45, 7) is 0.950. The summed E-state index contributed by atoms with van der Waals surface area (Å²) in [5, 5.41) is 4.34. The molecule has 0 fully saturated rings. The van der Waals surface area contributed by atoms with Gasteiger partial charge in [-0.2, -0.15) is 0 Å². The number of nitrogens with one attached hydrogen (secondary N) is 2. The van der Waals surface area contributed by atoms with Crippen LogP contribution in [-0.2, 0) is 22.6 Å². The molecule has 0 aliphatic carbocycles. The lowest BCUT2D eigenvalue weighted by molar-refractivity contribution is -0.134. The quantitative estimate of drug-likeness (QED) is 0.695. The van der Waals surface area contributed by atoms with Crippen molar-refractivity contribution >= 4 is 34.3 Å². The zero-order valence-electron chi connectivity index (χ0n) is 15.2. The van der Waals surface area contributed by atoms with Gasteiger partial charge in [-0.05, 0) is 30.3 Å². The van der Waals surface area contributed by atoms with Gasteiger partial charge < -0.3 is 19.9 Å². The van der Waals surface area contributed by atoms with Crippen LogP contribution in [0.25, 0.3) is 10.9 Å². The number of H-pyrrole nitrogens is 1. The Morgan fingerprint density at radius 2 is 2.00 bits per heavy atom. The first-order chi connectivity index (χ1) is 13.6.